The molecule has 1 saturated heterocycles. The van der Waals surface area contributed by atoms with Crippen molar-refractivity contribution in [3.63, 3.8) is 0 Å². The van der Waals surface area contributed by atoms with E-state index in [-0.39, 0.29) is 0 Å². The summed E-state index contributed by atoms with van der Waals surface area (Å²) in [5.74, 6) is 0. The summed E-state index contributed by atoms with van der Waals surface area (Å²) in [6, 6.07) is 8.90. The van der Waals surface area contributed by atoms with E-state index in [1.807, 2.05) is 18.3 Å². The monoisotopic (exact) mass is 269 g/mol. The van der Waals surface area contributed by atoms with Gasteiger partial charge < -0.3 is 10.6 Å². The van der Waals surface area contributed by atoms with Crippen LogP contribution < -0.4 is 10.6 Å². The number of hydrogen-bond donors (Lipinski definition) is 1. The van der Waals surface area contributed by atoms with Crippen molar-refractivity contribution in [1.29, 1.82) is 0 Å². The zero-order chi connectivity index (χ0) is 13.9. The second kappa shape index (κ2) is 5.70. The van der Waals surface area contributed by atoms with E-state index in [1.54, 1.807) is 0 Å². The van der Waals surface area contributed by atoms with Gasteiger partial charge in [-0.3, -0.25) is 4.98 Å². The van der Waals surface area contributed by atoms with Crippen molar-refractivity contribution in [2.24, 2.45) is 0 Å². The molecule has 106 valence electrons. The van der Waals surface area contributed by atoms with Gasteiger partial charge in [0.1, 0.15) is 0 Å². The molecule has 3 rings (SSSR count). The summed E-state index contributed by atoms with van der Waals surface area (Å²) in [5, 5.41) is 1.23. The predicted octanol–water partition coefficient (Wildman–Crippen LogP) is 3.98. The van der Waals surface area contributed by atoms with Crippen molar-refractivity contribution in [2.45, 2.75) is 45.1 Å². The lowest BCUT2D eigenvalue weighted by Gasteiger charge is -2.38. The number of benzene rings is 1. The molecular weight excluding hydrogens is 246 g/mol. The van der Waals surface area contributed by atoms with Gasteiger partial charge in [0.05, 0.1) is 5.52 Å². The lowest BCUT2D eigenvalue weighted by atomic mass is 9.97. The molecule has 1 aliphatic heterocycles. The van der Waals surface area contributed by atoms with E-state index in [0.29, 0.717) is 6.04 Å². The Labute approximate surface area is 120 Å². The second-order valence-electron chi connectivity index (χ2n) is 5.74. The van der Waals surface area contributed by atoms with Crippen LogP contribution in [0.2, 0.25) is 0 Å². The van der Waals surface area contributed by atoms with E-state index < -0.39 is 0 Å². The lowest BCUT2D eigenvalue weighted by Crippen LogP contribution is -2.39. The maximum absolute atomic E-state index is 5.87. The van der Waals surface area contributed by atoms with Crippen LogP contribution in [0.25, 0.3) is 10.9 Å². The molecule has 0 aliphatic carbocycles. The molecule has 2 N–H and O–H groups in total. The number of nitrogens with zero attached hydrogens (tertiary/aromatic N) is 2. The molecule has 1 aliphatic rings. The first kappa shape index (κ1) is 13.2. The second-order valence-corrected chi connectivity index (χ2v) is 5.74. The van der Waals surface area contributed by atoms with Crippen molar-refractivity contribution in [3.8, 4) is 0 Å². The fourth-order valence-electron chi connectivity index (χ4n) is 3.35. The molecule has 0 spiro atoms. The zero-order valence-electron chi connectivity index (χ0n) is 12.2. The number of piperidine rings is 1. The number of anilines is 2. The summed E-state index contributed by atoms with van der Waals surface area (Å²) in [5.41, 5.74) is 8.99. The number of nitrogen functional groups attached to an aromatic ring is 1. The van der Waals surface area contributed by atoms with Crippen molar-refractivity contribution >= 4 is 22.3 Å². The van der Waals surface area contributed by atoms with Gasteiger partial charge in [0.2, 0.25) is 0 Å². The molecule has 3 nitrogen and oxygen atoms in total. The smallest absolute Gasteiger partial charge is 0.0743 e. The number of nitrogens with two attached hydrogens (primary N) is 1. The van der Waals surface area contributed by atoms with E-state index in [4.69, 9.17) is 5.73 Å². The highest BCUT2D eigenvalue weighted by atomic mass is 15.2. The van der Waals surface area contributed by atoms with Gasteiger partial charge in [-0.2, -0.15) is 0 Å². The van der Waals surface area contributed by atoms with Crippen LogP contribution in [-0.4, -0.2) is 17.6 Å². The standard InChI is InChI=1S/C17H23N3/c1-2-5-14-6-3-4-11-20(14)17-9-10-19-16-12-13(18)7-8-15(16)17/h7-10,12,14H,2-6,11,18H2,1H3. The molecule has 1 aromatic carbocycles. The van der Waals surface area contributed by atoms with Gasteiger partial charge in [0, 0.05) is 35.5 Å². The fraction of sp³-hybridized carbons (Fsp3) is 0.471. The van der Waals surface area contributed by atoms with Gasteiger partial charge >= 0.3 is 0 Å². The van der Waals surface area contributed by atoms with Gasteiger partial charge in [0.25, 0.3) is 0 Å². The predicted molar refractivity (Wildman–Crippen MR) is 86.0 cm³/mol. The Balaban J connectivity index is 2.03. The van der Waals surface area contributed by atoms with Crippen molar-refractivity contribution in [3.05, 3.63) is 30.5 Å². The zero-order valence-corrected chi connectivity index (χ0v) is 12.2. The minimum Gasteiger partial charge on any atom is -0.399 e. The van der Waals surface area contributed by atoms with Gasteiger partial charge in [0.15, 0.2) is 0 Å². The van der Waals surface area contributed by atoms with E-state index >= 15 is 0 Å². The molecule has 0 saturated carbocycles. The quantitative estimate of drug-likeness (QED) is 0.857. The highest BCUT2D eigenvalue weighted by molar-refractivity contribution is 5.93. The first-order chi connectivity index (χ1) is 9.79. The molecule has 1 atom stereocenters. The molecule has 1 unspecified atom stereocenters. The number of pyridine rings is 1. The van der Waals surface area contributed by atoms with Gasteiger partial charge in [-0.15, -0.1) is 0 Å². The fourth-order valence-corrected chi connectivity index (χ4v) is 3.35. The number of hydrogen-bond acceptors (Lipinski definition) is 3. The number of aromatic nitrogens is 1. The van der Waals surface area contributed by atoms with Gasteiger partial charge in [-0.1, -0.05) is 13.3 Å². The SMILES string of the molecule is CCCC1CCCCN1c1ccnc2cc(N)ccc12. The van der Waals surface area contributed by atoms with Gasteiger partial charge in [-0.25, -0.2) is 0 Å². The summed E-state index contributed by atoms with van der Waals surface area (Å²) in [6.45, 7) is 3.44. The molecule has 1 aromatic heterocycles. The first-order valence-corrected chi connectivity index (χ1v) is 7.70. The molecule has 0 amide bonds. The number of rotatable bonds is 3. The third-order valence-electron chi connectivity index (χ3n) is 4.30. The maximum Gasteiger partial charge on any atom is 0.0743 e. The van der Waals surface area contributed by atoms with Crippen molar-refractivity contribution < 1.29 is 0 Å². The Morgan fingerprint density at radius 1 is 1.30 bits per heavy atom. The molecule has 0 bridgehead atoms. The average Bonchev–Trinajstić information content (AvgIpc) is 2.47. The third-order valence-corrected chi connectivity index (χ3v) is 4.30. The third kappa shape index (κ3) is 2.45. The molecule has 0 radical (unpaired) electrons. The molecule has 2 aromatic rings. The Kier molecular flexibility index (Phi) is 3.77. The van der Waals surface area contributed by atoms with Crippen LogP contribution in [0.15, 0.2) is 30.5 Å². The van der Waals surface area contributed by atoms with E-state index in [9.17, 15) is 0 Å². The van der Waals surface area contributed by atoms with E-state index in [1.165, 1.54) is 43.2 Å². The largest absolute Gasteiger partial charge is 0.399 e. The summed E-state index contributed by atoms with van der Waals surface area (Å²) >= 11 is 0. The Hall–Kier alpha value is -1.77. The Bertz CT molecular complexity index is 592. The van der Waals surface area contributed by atoms with Crippen LogP contribution in [0.4, 0.5) is 11.4 Å². The minimum absolute atomic E-state index is 0.678. The summed E-state index contributed by atoms with van der Waals surface area (Å²) in [6.07, 6.45) is 8.40. The van der Waals surface area contributed by atoms with Crippen molar-refractivity contribution in [1.82, 2.24) is 4.98 Å². The van der Waals surface area contributed by atoms with Crippen LogP contribution in [0.3, 0.4) is 0 Å². The van der Waals surface area contributed by atoms with Crippen LogP contribution in [0.5, 0.6) is 0 Å². The highest BCUT2D eigenvalue weighted by Gasteiger charge is 2.23. The molecule has 1 fully saturated rings. The highest BCUT2D eigenvalue weighted by Crippen LogP contribution is 2.32. The Morgan fingerprint density at radius 3 is 3.05 bits per heavy atom. The Morgan fingerprint density at radius 2 is 2.20 bits per heavy atom. The minimum atomic E-state index is 0.678. The summed E-state index contributed by atoms with van der Waals surface area (Å²) in [7, 11) is 0. The van der Waals surface area contributed by atoms with Crippen LogP contribution >= 0.6 is 0 Å². The van der Waals surface area contributed by atoms with Gasteiger partial charge in [-0.05, 0) is 49.9 Å². The molecular formula is C17H23N3. The van der Waals surface area contributed by atoms with E-state index in [0.717, 1.165) is 17.7 Å². The molecule has 20 heavy (non-hydrogen) atoms. The lowest BCUT2D eigenvalue weighted by molar-refractivity contribution is 0.435. The summed E-state index contributed by atoms with van der Waals surface area (Å²) in [4.78, 5) is 7.05. The normalized spacial score (nSPS) is 19.4. The van der Waals surface area contributed by atoms with Crippen LogP contribution in [0.1, 0.15) is 39.0 Å². The van der Waals surface area contributed by atoms with Crippen LogP contribution in [-0.2, 0) is 0 Å². The molecule has 2 heterocycles. The van der Waals surface area contributed by atoms with Crippen molar-refractivity contribution in [2.75, 3.05) is 17.2 Å². The van der Waals surface area contributed by atoms with Crippen LogP contribution in [0, 0.1) is 0 Å². The first-order valence-electron chi connectivity index (χ1n) is 7.70. The maximum atomic E-state index is 5.87. The molecule has 3 heteroatoms. The summed E-state index contributed by atoms with van der Waals surface area (Å²) < 4.78 is 0. The average molecular weight is 269 g/mol. The number of fused-ring (bicyclic) bond motifs is 1. The topological polar surface area (TPSA) is 42.2 Å². The van der Waals surface area contributed by atoms with E-state index in [2.05, 4.69) is 28.9 Å².